The fourth-order valence-corrected chi connectivity index (χ4v) is 1.92. The van der Waals surface area contributed by atoms with E-state index in [1.165, 1.54) is 7.11 Å². The minimum Gasteiger partial charge on any atom is -0.496 e. The second kappa shape index (κ2) is 7.02. The van der Waals surface area contributed by atoms with Crippen LogP contribution in [0.25, 0.3) is 0 Å². The first-order valence-corrected chi connectivity index (χ1v) is 6.33. The Hall–Kier alpha value is -1.92. The molecule has 108 valence electrons. The predicted octanol–water partition coefficient (Wildman–Crippen LogP) is 1.22. The van der Waals surface area contributed by atoms with E-state index in [1.54, 1.807) is 7.11 Å². The van der Waals surface area contributed by atoms with Gasteiger partial charge in [0.25, 0.3) is 0 Å². The van der Waals surface area contributed by atoms with Gasteiger partial charge in [-0.2, -0.15) is 4.98 Å². The lowest BCUT2D eigenvalue weighted by atomic mass is 10.1. The topological polar surface area (TPSA) is 77.6 Å². The molecule has 0 saturated carbocycles. The molecule has 6 heteroatoms. The number of hydrogen-bond donors (Lipinski definition) is 1. The van der Waals surface area contributed by atoms with Crippen LogP contribution < -0.4 is 4.74 Å². The Bertz CT molecular complexity index is 541. The molecule has 0 aliphatic carbocycles. The second-order valence-electron chi connectivity index (χ2n) is 4.41. The molecule has 0 saturated heterocycles. The monoisotopic (exact) mass is 278 g/mol. The summed E-state index contributed by atoms with van der Waals surface area (Å²) in [6.07, 6.45) is 0.167. The van der Waals surface area contributed by atoms with Gasteiger partial charge < -0.3 is 19.1 Å². The first-order chi connectivity index (χ1) is 9.72. The van der Waals surface area contributed by atoms with Gasteiger partial charge in [-0.1, -0.05) is 23.4 Å². The van der Waals surface area contributed by atoms with E-state index in [0.29, 0.717) is 18.1 Å². The van der Waals surface area contributed by atoms with Crippen LogP contribution >= 0.6 is 0 Å². The maximum atomic E-state index is 9.61. The average Bonchev–Trinajstić information content (AvgIpc) is 2.87. The first-order valence-electron chi connectivity index (χ1n) is 6.33. The Labute approximate surface area is 117 Å². The van der Waals surface area contributed by atoms with E-state index < -0.39 is 6.10 Å². The number of nitrogens with zero attached hydrogens (tertiary/aromatic N) is 2. The van der Waals surface area contributed by atoms with Gasteiger partial charge in [0.15, 0.2) is 5.82 Å². The van der Waals surface area contributed by atoms with Crippen LogP contribution in [-0.2, 0) is 17.6 Å². The minimum absolute atomic E-state index is 0.240. The minimum atomic E-state index is -0.639. The van der Waals surface area contributed by atoms with E-state index in [0.717, 1.165) is 11.3 Å². The molecule has 0 aliphatic heterocycles. The van der Waals surface area contributed by atoms with Gasteiger partial charge in [0, 0.05) is 19.1 Å². The van der Waals surface area contributed by atoms with Crippen molar-refractivity contribution in [3.8, 4) is 5.75 Å². The predicted molar refractivity (Wildman–Crippen MR) is 71.7 cm³/mol. The summed E-state index contributed by atoms with van der Waals surface area (Å²) in [7, 11) is 3.16. The standard InChI is InChI=1S/C14H18N2O4/c1-18-9-11(17)8-14-15-13(16-20-14)7-10-5-3-4-6-12(10)19-2/h3-6,11,17H,7-9H2,1-2H3. The molecule has 0 radical (unpaired) electrons. The lowest BCUT2D eigenvalue weighted by Gasteiger charge is -2.05. The lowest BCUT2D eigenvalue weighted by molar-refractivity contribution is 0.0599. The van der Waals surface area contributed by atoms with E-state index in [4.69, 9.17) is 14.0 Å². The van der Waals surface area contributed by atoms with Gasteiger partial charge in [-0.05, 0) is 6.07 Å². The summed E-state index contributed by atoms with van der Waals surface area (Å²) in [6, 6.07) is 7.68. The number of ether oxygens (including phenoxy) is 2. The van der Waals surface area contributed by atoms with E-state index >= 15 is 0 Å². The van der Waals surface area contributed by atoms with Crippen LogP contribution in [0.3, 0.4) is 0 Å². The molecule has 1 unspecified atom stereocenters. The molecular weight excluding hydrogens is 260 g/mol. The van der Waals surface area contributed by atoms with Crippen LogP contribution in [0.5, 0.6) is 5.75 Å². The van der Waals surface area contributed by atoms with Gasteiger partial charge in [-0.15, -0.1) is 0 Å². The number of hydrogen-bond acceptors (Lipinski definition) is 6. The molecule has 2 aromatic rings. The van der Waals surface area contributed by atoms with E-state index in [2.05, 4.69) is 10.1 Å². The van der Waals surface area contributed by atoms with Crippen molar-refractivity contribution in [2.24, 2.45) is 0 Å². The third-order valence-corrected chi connectivity index (χ3v) is 2.82. The van der Waals surface area contributed by atoms with Gasteiger partial charge in [0.05, 0.1) is 26.2 Å². The highest BCUT2D eigenvalue weighted by Gasteiger charge is 2.13. The van der Waals surface area contributed by atoms with E-state index in [9.17, 15) is 5.11 Å². The smallest absolute Gasteiger partial charge is 0.229 e. The number of para-hydroxylation sites is 1. The number of aliphatic hydroxyl groups is 1. The Kier molecular flexibility index (Phi) is 5.09. The summed E-state index contributed by atoms with van der Waals surface area (Å²) < 4.78 is 15.2. The molecule has 1 aromatic carbocycles. The van der Waals surface area contributed by atoms with E-state index in [1.807, 2.05) is 24.3 Å². The number of benzene rings is 1. The van der Waals surface area contributed by atoms with Crippen LogP contribution in [0.1, 0.15) is 17.3 Å². The molecule has 6 nitrogen and oxygen atoms in total. The van der Waals surface area contributed by atoms with Crippen LogP contribution in [0.4, 0.5) is 0 Å². The molecule has 1 heterocycles. The number of methoxy groups -OCH3 is 2. The lowest BCUT2D eigenvalue weighted by Crippen LogP contribution is -2.17. The maximum Gasteiger partial charge on any atom is 0.229 e. The maximum absolute atomic E-state index is 9.61. The number of aliphatic hydroxyl groups excluding tert-OH is 1. The van der Waals surface area contributed by atoms with Gasteiger partial charge in [0.2, 0.25) is 5.89 Å². The highest BCUT2D eigenvalue weighted by atomic mass is 16.5. The quantitative estimate of drug-likeness (QED) is 0.820. The SMILES string of the molecule is COCC(O)Cc1nc(Cc2ccccc2OC)no1. The Morgan fingerprint density at radius 3 is 2.85 bits per heavy atom. The summed E-state index contributed by atoms with van der Waals surface area (Å²) in [4.78, 5) is 4.25. The summed E-state index contributed by atoms with van der Waals surface area (Å²) in [5.74, 6) is 1.76. The van der Waals surface area contributed by atoms with Crippen molar-refractivity contribution >= 4 is 0 Å². The molecule has 20 heavy (non-hydrogen) atoms. The van der Waals surface area contributed by atoms with Crippen molar-refractivity contribution in [3.63, 3.8) is 0 Å². The van der Waals surface area contributed by atoms with Crippen molar-refractivity contribution in [2.45, 2.75) is 18.9 Å². The number of aromatic nitrogens is 2. The zero-order valence-electron chi connectivity index (χ0n) is 11.6. The van der Waals surface area contributed by atoms with Crippen LogP contribution in [0.15, 0.2) is 28.8 Å². The zero-order chi connectivity index (χ0) is 14.4. The average molecular weight is 278 g/mol. The molecule has 2 rings (SSSR count). The highest BCUT2D eigenvalue weighted by molar-refractivity contribution is 5.35. The zero-order valence-corrected chi connectivity index (χ0v) is 11.6. The molecule has 0 aliphatic rings. The van der Waals surface area contributed by atoms with Crippen molar-refractivity contribution in [1.29, 1.82) is 0 Å². The number of rotatable bonds is 7. The Balaban J connectivity index is 2.02. The third-order valence-electron chi connectivity index (χ3n) is 2.82. The van der Waals surface area contributed by atoms with Crippen molar-refractivity contribution in [3.05, 3.63) is 41.5 Å². The third kappa shape index (κ3) is 3.79. The largest absolute Gasteiger partial charge is 0.496 e. The van der Waals surface area contributed by atoms with Crippen molar-refractivity contribution in [2.75, 3.05) is 20.8 Å². The normalized spacial score (nSPS) is 12.3. The molecule has 1 N–H and O–H groups in total. The van der Waals surface area contributed by atoms with Gasteiger partial charge in [-0.3, -0.25) is 0 Å². The first kappa shape index (κ1) is 14.5. The fraction of sp³-hybridized carbons (Fsp3) is 0.429. The molecule has 0 spiro atoms. The van der Waals surface area contributed by atoms with Crippen LogP contribution in [0, 0.1) is 0 Å². The summed E-state index contributed by atoms with van der Waals surface area (Å²) >= 11 is 0. The molecule has 1 aromatic heterocycles. The van der Waals surface area contributed by atoms with Crippen molar-refractivity contribution < 1.29 is 19.1 Å². The van der Waals surface area contributed by atoms with E-state index in [-0.39, 0.29) is 13.0 Å². The molecular formula is C14H18N2O4. The summed E-state index contributed by atoms with van der Waals surface area (Å²) in [6.45, 7) is 0.240. The van der Waals surface area contributed by atoms with Gasteiger partial charge in [-0.25, -0.2) is 0 Å². The Morgan fingerprint density at radius 2 is 2.10 bits per heavy atom. The fourth-order valence-electron chi connectivity index (χ4n) is 1.92. The van der Waals surface area contributed by atoms with Crippen LogP contribution in [-0.4, -0.2) is 42.2 Å². The molecule has 1 atom stereocenters. The molecule has 0 bridgehead atoms. The highest BCUT2D eigenvalue weighted by Crippen LogP contribution is 2.19. The van der Waals surface area contributed by atoms with Gasteiger partial charge >= 0.3 is 0 Å². The summed E-state index contributed by atoms with van der Waals surface area (Å²) in [5.41, 5.74) is 0.986. The van der Waals surface area contributed by atoms with Crippen LogP contribution in [0.2, 0.25) is 0 Å². The van der Waals surface area contributed by atoms with Crippen molar-refractivity contribution in [1.82, 2.24) is 10.1 Å². The summed E-state index contributed by atoms with van der Waals surface area (Å²) in [5, 5.41) is 13.5. The van der Waals surface area contributed by atoms with Gasteiger partial charge in [0.1, 0.15) is 5.75 Å². The second-order valence-corrected chi connectivity index (χ2v) is 4.41. The Morgan fingerprint density at radius 1 is 1.30 bits per heavy atom. The molecule has 0 fully saturated rings. The molecule has 0 amide bonds.